The molecule has 0 saturated carbocycles. The van der Waals surface area contributed by atoms with Gasteiger partial charge in [-0.05, 0) is 30.7 Å². The maximum atomic E-state index is 13.4. The van der Waals surface area contributed by atoms with Crippen LogP contribution in [0.15, 0.2) is 18.2 Å². The van der Waals surface area contributed by atoms with E-state index < -0.39 is 17.7 Å². The van der Waals surface area contributed by atoms with Crippen LogP contribution in [0.5, 0.6) is 0 Å². The lowest BCUT2D eigenvalue weighted by molar-refractivity contribution is -0.130. The van der Waals surface area contributed by atoms with Crippen molar-refractivity contribution in [2.45, 2.75) is 18.5 Å². The zero-order valence-electron chi connectivity index (χ0n) is 12.7. The lowest BCUT2D eigenvalue weighted by Gasteiger charge is -2.29. The van der Waals surface area contributed by atoms with Gasteiger partial charge in [-0.3, -0.25) is 4.79 Å². The predicted octanol–water partition coefficient (Wildman–Crippen LogP) is 1.18. The van der Waals surface area contributed by atoms with Crippen molar-refractivity contribution in [1.29, 1.82) is 0 Å². The molecule has 6 nitrogen and oxygen atoms in total. The average molecular weight is 327 g/mol. The van der Waals surface area contributed by atoms with Gasteiger partial charge in [0.05, 0.1) is 6.04 Å². The molecule has 1 heterocycles. The molecule has 1 saturated heterocycles. The number of ether oxygens (including phenoxy) is 1. The Morgan fingerprint density at radius 1 is 1.52 bits per heavy atom. The maximum Gasteiger partial charge on any atom is 0.318 e. The second-order valence-electron chi connectivity index (χ2n) is 5.37. The highest BCUT2D eigenvalue weighted by Crippen LogP contribution is 2.22. The summed E-state index contributed by atoms with van der Waals surface area (Å²) in [4.78, 5) is 24.1. The van der Waals surface area contributed by atoms with E-state index in [0.29, 0.717) is 12.1 Å². The predicted molar refractivity (Wildman–Crippen MR) is 78.7 cm³/mol. The number of nitrogens with zero attached hydrogens (tertiary/aromatic N) is 1. The number of amides is 2. The molecule has 0 bridgehead atoms. The summed E-state index contributed by atoms with van der Waals surface area (Å²) in [5.41, 5.74) is 0.341. The quantitative estimate of drug-likeness (QED) is 0.770. The Morgan fingerprint density at radius 2 is 2.30 bits per heavy atom. The molecule has 0 radical (unpaired) electrons. The van der Waals surface area contributed by atoms with Crippen LogP contribution in [0.1, 0.15) is 18.0 Å². The fourth-order valence-corrected chi connectivity index (χ4v) is 2.48. The van der Waals surface area contributed by atoms with E-state index in [1.54, 1.807) is 0 Å². The SMILES string of the molecule is CN(C(=O)NC1CCNC1)C(COC=O)c1ccc(F)c(F)c1. The van der Waals surface area contributed by atoms with Crippen LogP contribution in [0.2, 0.25) is 0 Å². The molecule has 2 rings (SSSR count). The minimum Gasteiger partial charge on any atom is -0.465 e. The van der Waals surface area contributed by atoms with Crippen LogP contribution in [0.3, 0.4) is 0 Å². The van der Waals surface area contributed by atoms with Crippen molar-refractivity contribution in [1.82, 2.24) is 15.5 Å². The van der Waals surface area contributed by atoms with Gasteiger partial charge in [-0.1, -0.05) is 6.07 Å². The summed E-state index contributed by atoms with van der Waals surface area (Å²) in [6.07, 6.45) is 0.820. The third-order valence-electron chi connectivity index (χ3n) is 3.83. The second kappa shape index (κ2) is 7.87. The van der Waals surface area contributed by atoms with Gasteiger partial charge in [-0.15, -0.1) is 0 Å². The van der Waals surface area contributed by atoms with Gasteiger partial charge in [-0.2, -0.15) is 0 Å². The molecule has 2 N–H and O–H groups in total. The highest BCUT2D eigenvalue weighted by atomic mass is 19.2. The molecule has 1 aromatic rings. The van der Waals surface area contributed by atoms with Gasteiger partial charge in [-0.25, -0.2) is 13.6 Å². The number of hydrogen-bond acceptors (Lipinski definition) is 4. The molecule has 1 aliphatic rings. The van der Waals surface area contributed by atoms with E-state index in [1.807, 2.05) is 0 Å². The highest BCUT2D eigenvalue weighted by Gasteiger charge is 2.26. The number of carbonyl (C=O) groups excluding carboxylic acids is 2. The van der Waals surface area contributed by atoms with Crippen molar-refractivity contribution < 1.29 is 23.1 Å². The van der Waals surface area contributed by atoms with Crippen molar-refractivity contribution in [3.63, 3.8) is 0 Å². The summed E-state index contributed by atoms with van der Waals surface area (Å²) in [7, 11) is 1.51. The Labute approximate surface area is 132 Å². The molecular weight excluding hydrogens is 308 g/mol. The van der Waals surface area contributed by atoms with Gasteiger partial charge in [0.2, 0.25) is 0 Å². The number of halogens is 2. The summed E-state index contributed by atoms with van der Waals surface area (Å²) in [6.45, 7) is 1.61. The van der Waals surface area contributed by atoms with Crippen molar-refractivity contribution in [2.24, 2.45) is 0 Å². The van der Waals surface area contributed by atoms with Gasteiger partial charge in [0.1, 0.15) is 6.61 Å². The molecule has 8 heteroatoms. The van der Waals surface area contributed by atoms with Crippen LogP contribution in [0, 0.1) is 11.6 Å². The molecule has 23 heavy (non-hydrogen) atoms. The molecule has 1 aromatic carbocycles. The van der Waals surface area contributed by atoms with Gasteiger partial charge in [0.15, 0.2) is 11.6 Å². The van der Waals surface area contributed by atoms with E-state index >= 15 is 0 Å². The fourth-order valence-electron chi connectivity index (χ4n) is 2.48. The Morgan fingerprint density at radius 3 is 2.91 bits per heavy atom. The summed E-state index contributed by atoms with van der Waals surface area (Å²) in [5, 5.41) is 5.97. The molecule has 0 spiro atoms. The van der Waals surface area contributed by atoms with Crippen LogP contribution in [0.25, 0.3) is 0 Å². The normalized spacial score (nSPS) is 18.3. The third-order valence-corrected chi connectivity index (χ3v) is 3.83. The third kappa shape index (κ3) is 4.38. The molecule has 0 aliphatic carbocycles. The number of nitrogens with one attached hydrogen (secondary N) is 2. The van der Waals surface area contributed by atoms with Crippen molar-refractivity contribution >= 4 is 12.5 Å². The van der Waals surface area contributed by atoms with E-state index in [4.69, 9.17) is 4.74 Å². The van der Waals surface area contributed by atoms with Crippen LogP contribution < -0.4 is 10.6 Å². The molecule has 2 unspecified atom stereocenters. The lowest BCUT2D eigenvalue weighted by Crippen LogP contribution is -2.46. The van der Waals surface area contributed by atoms with E-state index in [1.165, 1.54) is 18.0 Å². The molecule has 0 aromatic heterocycles. The van der Waals surface area contributed by atoms with E-state index in [0.717, 1.165) is 25.1 Å². The number of carbonyl (C=O) groups is 2. The van der Waals surface area contributed by atoms with Crippen molar-refractivity contribution in [3.05, 3.63) is 35.4 Å². The number of hydrogen-bond donors (Lipinski definition) is 2. The van der Waals surface area contributed by atoms with Crippen molar-refractivity contribution in [3.8, 4) is 0 Å². The van der Waals surface area contributed by atoms with Crippen LogP contribution in [0.4, 0.5) is 13.6 Å². The fraction of sp³-hybridized carbons (Fsp3) is 0.467. The number of rotatable bonds is 6. The van der Waals surface area contributed by atoms with Crippen LogP contribution in [-0.2, 0) is 9.53 Å². The minimum atomic E-state index is -1.02. The first-order valence-electron chi connectivity index (χ1n) is 7.27. The van der Waals surface area contributed by atoms with Crippen molar-refractivity contribution in [2.75, 3.05) is 26.7 Å². The first-order valence-corrected chi connectivity index (χ1v) is 7.27. The molecule has 1 fully saturated rings. The monoisotopic (exact) mass is 327 g/mol. The number of urea groups is 1. The Balaban J connectivity index is 2.13. The molecule has 2 atom stereocenters. The zero-order chi connectivity index (χ0) is 16.8. The standard InChI is InChI=1S/C15H19F2N3O3/c1-20(15(22)19-11-4-5-18-7-11)14(8-23-9-21)10-2-3-12(16)13(17)6-10/h2-3,6,9,11,14,18H,4-5,7-8H2,1H3,(H,19,22). The van der Waals surface area contributed by atoms with E-state index in [-0.39, 0.29) is 25.2 Å². The summed E-state index contributed by atoms with van der Waals surface area (Å²) >= 11 is 0. The maximum absolute atomic E-state index is 13.4. The van der Waals surface area contributed by atoms with Crippen LogP contribution in [-0.4, -0.2) is 50.2 Å². The second-order valence-corrected chi connectivity index (χ2v) is 5.37. The Hall–Kier alpha value is -2.22. The Kier molecular flexibility index (Phi) is 5.86. The van der Waals surface area contributed by atoms with Gasteiger partial charge in [0, 0.05) is 19.6 Å². The minimum absolute atomic E-state index is 0.0162. The van der Waals surface area contributed by atoms with E-state index in [9.17, 15) is 18.4 Å². The summed E-state index contributed by atoms with van der Waals surface area (Å²) < 4.78 is 31.3. The largest absolute Gasteiger partial charge is 0.465 e. The first-order chi connectivity index (χ1) is 11.0. The summed E-state index contributed by atoms with van der Waals surface area (Å²) in [5.74, 6) is -2.00. The molecular formula is C15H19F2N3O3. The molecule has 2 amide bonds. The number of likely N-dealkylation sites (N-methyl/N-ethyl adjacent to an activating group) is 1. The van der Waals surface area contributed by atoms with Crippen LogP contribution >= 0.6 is 0 Å². The first kappa shape index (κ1) is 17.1. The van der Waals surface area contributed by atoms with Gasteiger partial charge >= 0.3 is 6.03 Å². The topological polar surface area (TPSA) is 70.7 Å². The summed E-state index contributed by atoms with van der Waals surface area (Å²) in [6, 6.07) is 2.26. The zero-order valence-corrected chi connectivity index (χ0v) is 12.7. The highest BCUT2D eigenvalue weighted by molar-refractivity contribution is 5.75. The Bertz CT molecular complexity index is 565. The average Bonchev–Trinajstić information content (AvgIpc) is 3.03. The van der Waals surface area contributed by atoms with E-state index in [2.05, 4.69) is 10.6 Å². The number of benzene rings is 1. The molecule has 1 aliphatic heterocycles. The van der Waals surface area contributed by atoms with Gasteiger partial charge < -0.3 is 20.3 Å². The smallest absolute Gasteiger partial charge is 0.318 e. The van der Waals surface area contributed by atoms with Gasteiger partial charge in [0.25, 0.3) is 6.47 Å². The molecule has 126 valence electrons. The lowest BCUT2D eigenvalue weighted by atomic mass is 10.1.